The first-order valence-electron chi connectivity index (χ1n) is 7.63. The van der Waals surface area contributed by atoms with Crippen molar-refractivity contribution >= 4 is 11.9 Å². The van der Waals surface area contributed by atoms with Crippen LogP contribution in [0.1, 0.15) is 36.8 Å². The summed E-state index contributed by atoms with van der Waals surface area (Å²) in [5, 5.41) is 12.0. The van der Waals surface area contributed by atoms with Crippen LogP contribution in [0.4, 0.5) is 0 Å². The third-order valence-corrected chi connectivity index (χ3v) is 4.35. The van der Waals surface area contributed by atoms with Crippen LogP contribution in [0.2, 0.25) is 0 Å². The molecule has 0 heterocycles. The topological polar surface area (TPSA) is 66.4 Å². The predicted molar refractivity (Wildman–Crippen MR) is 81.0 cm³/mol. The molecule has 2 unspecified atom stereocenters. The summed E-state index contributed by atoms with van der Waals surface area (Å²) in [4.78, 5) is 23.2. The highest BCUT2D eigenvalue weighted by molar-refractivity contribution is 5.80. The predicted octanol–water partition coefficient (Wildman–Crippen LogP) is 2.54. The van der Waals surface area contributed by atoms with Crippen molar-refractivity contribution in [3.63, 3.8) is 0 Å². The van der Waals surface area contributed by atoms with Crippen molar-refractivity contribution in [1.82, 2.24) is 5.32 Å². The Hall–Kier alpha value is -1.84. The highest BCUT2D eigenvalue weighted by Crippen LogP contribution is 2.29. The molecule has 1 saturated carbocycles. The van der Waals surface area contributed by atoms with E-state index >= 15 is 0 Å². The number of carbonyl (C=O) groups excluding carboxylic acids is 1. The summed E-state index contributed by atoms with van der Waals surface area (Å²) < 4.78 is 0. The van der Waals surface area contributed by atoms with Gasteiger partial charge in [0.15, 0.2) is 0 Å². The Morgan fingerprint density at radius 2 is 1.95 bits per heavy atom. The zero-order chi connectivity index (χ0) is 15.2. The van der Waals surface area contributed by atoms with Crippen LogP contribution in [0.5, 0.6) is 0 Å². The number of amides is 1. The minimum atomic E-state index is -0.771. The minimum Gasteiger partial charge on any atom is -0.481 e. The molecule has 2 rings (SSSR count). The molecule has 2 N–H and O–H groups in total. The first-order valence-corrected chi connectivity index (χ1v) is 7.63. The van der Waals surface area contributed by atoms with Crippen LogP contribution in [-0.4, -0.2) is 23.5 Å². The lowest BCUT2D eigenvalue weighted by molar-refractivity contribution is -0.144. The van der Waals surface area contributed by atoms with Crippen LogP contribution in [0, 0.1) is 18.8 Å². The van der Waals surface area contributed by atoms with Crippen LogP contribution in [0.25, 0.3) is 0 Å². The monoisotopic (exact) mass is 289 g/mol. The van der Waals surface area contributed by atoms with E-state index in [0.717, 1.165) is 19.3 Å². The van der Waals surface area contributed by atoms with Gasteiger partial charge >= 0.3 is 5.97 Å². The van der Waals surface area contributed by atoms with Crippen LogP contribution < -0.4 is 5.32 Å². The van der Waals surface area contributed by atoms with Gasteiger partial charge in [0.1, 0.15) is 0 Å². The lowest BCUT2D eigenvalue weighted by atomic mass is 9.81. The van der Waals surface area contributed by atoms with E-state index in [0.29, 0.717) is 19.4 Å². The number of hydrogen-bond acceptors (Lipinski definition) is 2. The molecule has 0 saturated heterocycles. The van der Waals surface area contributed by atoms with E-state index < -0.39 is 5.97 Å². The lowest BCUT2D eigenvalue weighted by Crippen LogP contribution is -2.36. The molecule has 1 fully saturated rings. The van der Waals surface area contributed by atoms with Gasteiger partial charge in [0.25, 0.3) is 0 Å². The van der Waals surface area contributed by atoms with Gasteiger partial charge in [0, 0.05) is 12.5 Å². The summed E-state index contributed by atoms with van der Waals surface area (Å²) in [6.07, 6.45) is 3.62. The van der Waals surface area contributed by atoms with Crippen molar-refractivity contribution in [1.29, 1.82) is 0 Å². The van der Waals surface area contributed by atoms with Gasteiger partial charge < -0.3 is 10.4 Å². The highest BCUT2D eigenvalue weighted by Gasteiger charge is 2.30. The van der Waals surface area contributed by atoms with Gasteiger partial charge in [-0.1, -0.05) is 30.7 Å². The molecule has 0 aromatic heterocycles. The second kappa shape index (κ2) is 7.25. The summed E-state index contributed by atoms with van der Waals surface area (Å²) in [5.41, 5.74) is 2.47. The third kappa shape index (κ3) is 4.31. The Morgan fingerprint density at radius 1 is 1.24 bits per heavy atom. The van der Waals surface area contributed by atoms with Gasteiger partial charge in [0.2, 0.25) is 5.91 Å². The molecule has 0 spiro atoms. The van der Waals surface area contributed by atoms with Gasteiger partial charge in [-0.05, 0) is 43.7 Å². The molecule has 21 heavy (non-hydrogen) atoms. The van der Waals surface area contributed by atoms with E-state index in [2.05, 4.69) is 24.4 Å². The zero-order valence-corrected chi connectivity index (χ0v) is 12.5. The number of carbonyl (C=O) groups is 2. The van der Waals surface area contributed by atoms with Crippen LogP contribution >= 0.6 is 0 Å². The number of carboxylic acid groups (broad SMARTS) is 1. The van der Waals surface area contributed by atoms with Gasteiger partial charge in [0.05, 0.1) is 5.92 Å². The molecule has 114 valence electrons. The normalized spacial score (nSPS) is 21.8. The number of aryl methyl sites for hydroxylation is 1. The van der Waals surface area contributed by atoms with E-state index in [1.807, 2.05) is 12.1 Å². The van der Waals surface area contributed by atoms with Gasteiger partial charge in [-0.2, -0.15) is 0 Å². The van der Waals surface area contributed by atoms with Crippen molar-refractivity contribution in [3.8, 4) is 0 Å². The zero-order valence-electron chi connectivity index (χ0n) is 12.5. The quantitative estimate of drug-likeness (QED) is 0.875. The number of nitrogens with one attached hydrogen (secondary N) is 1. The maximum atomic E-state index is 12.1. The van der Waals surface area contributed by atoms with E-state index in [1.54, 1.807) is 0 Å². The smallest absolute Gasteiger partial charge is 0.306 e. The van der Waals surface area contributed by atoms with Crippen LogP contribution in [-0.2, 0) is 16.0 Å². The molecule has 1 aromatic carbocycles. The van der Waals surface area contributed by atoms with Gasteiger partial charge in [-0.15, -0.1) is 0 Å². The standard InChI is InChI=1S/C17H23NO3/c1-12-5-2-3-6-13(12)9-10-18-16(19)14-7-4-8-15(11-14)17(20)21/h2-3,5-6,14-15H,4,7-11H2,1H3,(H,18,19)(H,20,21). The van der Waals surface area contributed by atoms with Crippen molar-refractivity contribution in [2.45, 2.75) is 39.0 Å². The van der Waals surface area contributed by atoms with E-state index in [1.165, 1.54) is 11.1 Å². The fraction of sp³-hybridized carbons (Fsp3) is 0.529. The molecule has 4 heteroatoms. The Labute approximate surface area is 125 Å². The van der Waals surface area contributed by atoms with Crippen LogP contribution in [0.15, 0.2) is 24.3 Å². The molecule has 1 aliphatic carbocycles. The Balaban J connectivity index is 1.79. The van der Waals surface area contributed by atoms with E-state index in [9.17, 15) is 9.59 Å². The van der Waals surface area contributed by atoms with Gasteiger partial charge in [-0.25, -0.2) is 0 Å². The van der Waals surface area contributed by atoms with E-state index in [-0.39, 0.29) is 17.7 Å². The fourth-order valence-electron chi connectivity index (χ4n) is 3.01. The maximum absolute atomic E-state index is 12.1. The first kappa shape index (κ1) is 15.5. The SMILES string of the molecule is Cc1ccccc1CCNC(=O)C1CCCC(C(=O)O)C1. The molecule has 0 bridgehead atoms. The summed E-state index contributed by atoms with van der Waals surface area (Å²) in [6, 6.07) is 8.15. The Kier molecular flexibility index (Phi) is 5.37. The van der Waals surface area contributed by atoms with Crippen molar-refractivity contribution in [2.24, 2.45) is 11.8 Å². The summed E-state index contributed by atoms with van der Waals surface area (Å²) in [7, 11) is 0. The Morgan fingerprint density at radius 3 is 2.67 bits per heavy atom. The number of carboxylic acids is 1. The Bertz CT molecular complexity index is 513. The molecule has 1 amide bonds. The van der Waals surface area contributed by atoms with Crippen LogP contribution in [0.3, 0.4) is 0 Å². The third-order valence-electron chi connectivity index (χ3n) is 4.35. The highest BCUT2D eigenvalue weighted by atomic mass is 16.4. The van der Waals surface area contributed by atoms with E-state index in [4.69, 9.17) is 5.11 Å². The molecular weight excluding hydrogens is 266 g/mol. The molecule has 4 nitrogen and oxygen atoms in total. The van der Waals surface area contributed by atoms with Crippen molar-refractivity contribution < 1.29 is 14.7 Å². The molecule has 0 aliphatic heterocycles. The molecular formula is C17H23NO3. The number of benzene rings is 1. The molecule has 2 atom stereocenters. The minimum absolute atomic E-state index is 0.00883. The average Bonchev–Trinajstić information content (AvgIpc) is 2.49. The largest absolute Gasteiger partial charge is 0.481 e. The number of rotatable bonds is 5. The van der Waals surface area contributed by atoms with Crippen molar-refractivity contribution in [3.05, 3.63) is 35.4 Å². The van der Waals surface area contributed by atoms with Gasteiger partial charge in [-0.3, -0.25) is 9.59 Å². The maximum Gasteiger partial charge on any atom is 0.306 e. The average molecular weight is 289 g/mol. The molecule has 1 aliphatic rings. The molecule has 0 radical (unpaired) electrons. The lowest BCUT2D eigenvalue weighted by Gasteiger charge is -2.25. The second-order valence-electron chi connectivity index (χ2n) is 5.87. The number of hydrogen-bond donors (Lipinski definition) is 2. The number of aliphatic carboxylic acids is 1. The first-order chi connectivity index (χ1) is 10.1. The summed E-state index contributed by atoms with van der Waals surface area (Å²) in [6.45, 7) is 2.67. The second-order valence-corrected chi connectivity index (χ2v) is 5.87. The van der Waals surface area contributed by atoms with Crippen molar-refractivity contribution in [2.75, 3.05) is 6.54 Å². The summed E-state index contributed by atoms with van der Waals surface area (Å²) in [5.74, 6) is -1.26. The summed E-state index contributed by atoms with van der Waals surface area (Å²) >= 11 is 0. The molecule has 1 aromatic rings. The fourth-order valence-corrected chi connectivity index (χ4v) is 3.01.